The molecule has 0 aromatic carbocycles. The topological polar surface area (TPSA) is 50.4 Å². The molecule has 2 aliphatic rings. The maximum Gasteiger partial charge on any atom is 0.236 e. The quantitative estimate of drug-likeness (QED) is 0.662. The van der Waals surface area contributed by atoms with Crippen molar-refractivity contribution in [3.8, 4) is 0 Å². The molecular formula is C10H18N2O2. The average molecular weight is 198 g/mol. The fourth-order valence-electron chi connectivity index (χ4n) is 1.76. The second-order valence-electron chi connectivity index (χ2n) is 4.21. The lowest BCUT2D eigenvalue weighted by Crippen LogP contribution is -2.38. The van der Waals surface area contributed by atoms with Crippen molar-refractivity contribution in [3.05, 3.63) is 0 Å². The van der Waals surface area contributed by atoms with E-state index in [9.17, 15) is 4.79 Å². The van der Waals surface area contributed by atoms with Crippen LogP contribution in [0.25, 0.3) is 0 Å². The third kappa shape index (κ3) is 2.45. The van der Waals surface area contributed by atoms with Gasteiger partial charge in [-0.15, -0.1) is 0 Å². The molecule has 1 amide bonds. The predicted octanol–water partition coefficient (Wildman–Crippen LogP) is -0.111. The van der Waals surface area contributed by atoms with Gasteiger partial charge in [0, 0.05) is 20.2 Å². The van der Waals surface area contributed by atoms with Crippen LogP contribution in [0.4, 0.5) is 0 Å². The molecule has 2 atom stereocenters. The molecule has 2 fully saturated rings. The molecule has 1 aliphatic carbocycles. The number of carbonyl (C=O) groups is 1. The monoisotopic (exact) mass is 198 g/mol. The molecule has 4 heteroatoms. The van der Waals surface area contributed by atoms with Crippen molar-refractivity contribution < 1.29 is 9.53 Å². The van der Waals surface area contributed by atoms with Crippen LogP contribution >= 0.6 is 0 Å². The molecular weight excluding hydrogens is 180 g/mol. The van der Waals surface area contributed by atoms with Crippen molar-refractivity contribution in [2.75, 3.05) is 20.2 Å². The van der Waals surface area contributed by atoms with Crippen LogP contribution in [0.5, 0.6) is 0 Å². The maximum absolute atomic E-state index is 11.3. The van der Waals surface area contributed by atoms with E-state index in [0.29, 0.717) is 0 Å². The summed E-state index contributed by atoms with van der Waals surface area (Å²) in [5.41, 5.74) is 0. The van der Waals surface area contributed by atoms with Crippen LogP contribution in [-0.4, -0.2) is 38.3 Å². The molecule has 1 saturated carbocycles. The Labute approximate surface area is 84.4 Å². The first-order valence-corrected chi connectivity index (χ1v) is 5.36. The van der Waals surface area contributed by atoms with Gasteiger partial charge in [-0.3, -0.25) is 4.79 Å². The van der Waals surface area contributed by atoms with Crippen LogP contribution in [0.15, 0.2) is 0 Å². The number of hydrogen-bond donors (Lipinski definition) is 2. The normalized spacial score (nSPS) is 31.8. The SMILES string of the molecule is CNC(=O)C1CC(OCC2CC2)CN1. The minimum atomic E-state index is -0.0517. The lowest BCUT2D eigenvalue weighted by molar-refractivity contribution is -0.122. The Morgan fingerprint density at radius 2 is 2.36 bits per heavy atom. The first-order valence-electron chi connectivity index (χ1n) is 5.36. The molecule has 1 heterocycles. The Morgan fingerprint density at radius 3 is 3.00 bits per heavy atom. The molecule has 0 aromatic heterocycles. The average Bonchev–Trinajstić information content (AvgIpc) is 2.92. The van der Waals surface area contributed by atoms with Crippen molar-refractivity contribution >= 4 is 5.91 Å². The van der Waals surface area contributed by atoms with E-state index in [4.69, 9.17) is 4.74 Å². The molecule has 14 heavy (non-hydrogen) atoms. The van der Waals surface area contributed by atoms with Crippen LogP contribution in [0.3, 0.4) is 0 Å². The summed E-state index contributed by atoms with van der Waals surface area (Å²) in [5, 5.41) is 5.81. The summed E-state index contributed by atoms with van der Waals surface area (Å²) in [7, 11) is 1.67. The maximum atomic E-state index is 11.3. The van der Waals surface area contributed by atoms with Crippen LogP contribution in [0, 0.1) is 5.92 Å². The minimum Gasteiger partial charge on any atom is -0.377 e. The Morgan fingerprint density at radius 1 is 1.57 bits per heavy atom. The van der Waals surface area contributed by atoms with Gasteiger partial charge in [-0.2, -0.15) is 0 Å². The third-order valence-corrected chi connectivity index (χ3v) is 2.92. The Balaban J connectivity index is 1.67. The first-order chi connectivity index (χ1) is 6.79. The summed E-state index contributed by atoms with van der Waals surface area (Å²) in [6.07, 6.45) is 3.68. The molecule has 0 radical (unpaired) electrons. The zero-order valence-electron chi connectivity index (χ0n) is 8.58. The smallest absolute Gasteiger partial charge is 0.236 e. The summed E-state index contributed by atoms with van der Waals surface area (Å²) in [4.78, 5) is 11.3. The van der Waals surface area contributed by atoms with Gasteiger partial charge in [-0.05, 0) is 25.2 Å². The fourth-order valence-corrected chi connectivity index (χ4v) is 1.76. The van der Waals surface area contributed by atoms with Crippen molar-refractivity contribution in [1.82, 2.24) is 10.6 Å². The summed E-state index contributed by atoms with van der Waals surface area (Å²) < 4.78 is 5.71. The van der Waals surface area contributed by atoms with E-state index in [1.165, 1.54) is 12.8 Å². The molecule has 1 saturated heterocycles. The van der Waals surface area contributed by atoms with E-state index in [0.717, 1.165) is 25.5 Å². The molecule has 0 spiro atoms. The summed E-state index contributed by atoms with van der Waals surface area (Å²) in [6.45, 7) is 1.69. The molecule has 0 bridgehead atoms. The van der Waals surface area contributed by atoms with Crippen molar-refractivity contribution in [1.29, 1.82) is 0 Å². The minimum absolute atomic E-state index is 0.0517. The van der Waals surface area contributed by atoms with Gasteiger partial charge in [-0.25, -0.2) is 0 Å². The van der Waals surface area contributed by atoms with Crippen molar-refractivity contribution in [2.24, 2.45) is 5.92 Å². The van der Waals surface area contributed by atoms with Gasteiger partial charge >= 0.3 is 0 Å². The number of rotatable bonds is 4. The van der Waals surface area contributed by atoms with Crippen LogP contribution in [0.1, 0.15) is 19.3 Å². The zero-order chi connectivity index (χ0) is 9.97. The highest BCUT2D eigenvalue weighted by Crippen LogP contribution is 2.29. The third-order valence-electron chi connectivity index (χ3n) is 2.92. The zero-order valence-corrected chi connectivity index (χ0v) is 8.58. The Kier molecular flexibility index (Phi) is 3.03. The second kappa shape index (κ2) is 4.28. The van der Waals surface area contributed by atoms with Gasteiger partial charge in [0.05, 0.1) is 12.1 Å². The molecule has 1 aliphatic heterocycles. The Bertz CT molecular complexity index is 216. The number of nitrogens with one attached hydrogen (secondary N) is 2. The number of carbonyl (C=O) groups excluding carboxylic acids is 1. The first kappa shape index (κ1) is 9.93. The summed E-state index contributed by atoms with van der Waals surface area (Å²) in [6, 6.07) is -0.0517. The van der Waals surface area contributed by atoms with E-state index in [1.807, 2.05) is 0 Å². The van der Waals surface area contributed by atoms with Gasteiger partial charge in [0.15, 0.2) is 0 Å². The van der Waals surface area contributed by atoms with Crippen molar-refractivity contribution in [2.45, 2.75) is 31.4 Å². The highest BCUT2D eigenvalue weighted by molar-refractivity contribution is 5.81. The number of likely N-dealkylation sites (N-methyl/N-ethyl adjacent to an activating group) is 1. The van der Waals surface area contributed by atoms with Crippen molar-refractivity contribution in [3.63, 3.8) is 0 Å². The van der Waals surface area contributed by atoms with Crippen LogP contribution in [0.2, 0.25) is 0 Å². The molecule has 80 valence electrons. The standard InChI is InChI=1S/C10H18N2O2/c1-11-10(13)9-4-8(5-12-9)14-6-7-2-3-7/h7-9,12H,2-6H2,1H3,(H,11,13). The fraction of sp³-hybridized carbons (Fsp3) is 0.900. The highest BCUT2D eigenvalue weighted by Gasteiger charge is 2.31. The number of amides is 1. The highest BCUT2D eigenvalue weighted by atomic mass is 16.5. The molecule has 0 aromatic rings. The molecule has 2 N–H and O–H groups in total. The number of hydrogen-bond acceptors (Lipinski definition) is 3. The van der Waals surface area contributed by atoms with E-state index in [-0.39, 0.29) is 18.1 Å². The lowest BCUT2D eigenvalue weighted by atomic mass is 10.2. The largest absolute Gasteiger partial charge is 0.377 e. The summed E-state index contributed by atoms with van der Waals surface area (Å²) in [5.74, 6) is 0.872. The lowest BCUT2D eigenvalue weighted by Gasteiger charge is -2.10. The second-order valence-corrected chi connectivity index (χ2v) is 4.21. The van der Waals surface area contributed by atoms with E-state index in [1.54, 1.807) is 7.05 Å². The predicted molar refractivity (Wildman–Crippen MR) is 52.9 cm³/mol. The Hall–Kier alpha value is -0.610. The number of ether oxygens (including phenoxy) is 1. The molecule has 2 rings (SSSR count). The van der Waals surface area contributed by atoms with Gasteiger partial charge in [-0.1, -0.05) is 0 Å². The van der Waals surface area contributed by atoms with Gasteiger partial charge < -0.3 is 15.4 Å². The summed E-state index contributed by atoms with van der Waals surface area (Å²) >= 11 is 0. The van der Waals surface area contributed by atoms with Crippen LogP contribution in [-0.2, 0) is 9.53 Å². The molecule has 4 nitrogen and oxygen atoms in total. The molecule has 2 unspecified atom stereocenters. The van der Waals surface area contributed by atoms with E-state index in [2.05, 4.69) is 10.6 Å². The van der Waals surface area contributed by atoms with E-state index < -0.39 is 0 Å². The van der Waals surface area contributed by atoms with Crippen LogP contribution < -0.4 is 10.6 Å². The van der Waals surface area contributed by atoms with E-state index >= 15 is 0 Å². The van der Waals surface area contributed by atoms with Gasteiger partial charge in [0.25, 0.3) is 0 Å². The van der Waals surface area contributed by atoms with Gasteiger partial charge in [0.1, 0.15) is 0 Å². The van der Waals surface area contributed by atoms with Gasteiger partial charge in [0.2, 0.25) is 5.91 Å².